The van der Waals surface area contributed by atoms with Crippen molar-refractivity contribution in [3.8, 4) is 6.07 Å². The molecule has 1 saturated heterocycles. The highest BCUT2D eigenvalue weighted by molar-refractivity contribution is 5.75. The standard InChI is InChI=1S/C15H19N3O2/c1-11(2)15(14(19)20)5-7-18(10-15)9-12-4-3-6-17-13(12)8-16/h3-4,6,11H,5,7,9-10H2,1-2H3,(H,19,20). The fourth-order valence-corrected chi connectivity index (χ4v) is 2.85. The predicted molar refractivity (Wildman–Crippen MR) is 73.8 cm³/mol. The molecule has 0 spiro atoms. The van der Waals surface area contributed by atoms with Crippen LogP contribution in [0.5, 0.6) is 0 Å². The molecule has 5 heteroatoms. The van der Waals surface area contributed by atoms with Gasteiger partial charge in [-0.05, 0) is 24.9 Å². The second-order valence-electron chi connectivity index (χ2n) is 5.70. The molecule has 20 heavy (non-hydrogen) atoms. The first-order valence-corrected chi connectivity index (χ1v) is 6.79. The molecular weight excluding hydrogens is 254 g/mol. The molecule has 0 aromatic carbocycles. The minimum atomic E-state index is -0.721. The smallest absolute Gasteiger partial charge is 0.311 e. The summed E-state index contributed by atoms with van der Waals surface area (Å²) < 4.78 is 0. The Morgan fingerprint density at radius 3 is 2.95 bits per heavy atom. The highest BCUT2D eigenvalue weighted by Gasteiger charge is 2.47. The van der Waals surface area contributed by atoms with Crippen molar-refractivity contribution in [2.24, 2.45) is 11.3 Å². The van der Waals surface area contributed by atoms with Crippen molar-refractivity contribution >= 4 is 5.97 Å². The van der Waals surface area contributed by atoms with Gasteiger partial charge >= 0.3 is 5.97 Å². The van der Waals surface area contributed by atoms with E-state index in [1.807, 2.05) is 19.9 Å². The maximum Gasteiger partial charge on any atom is 0.311 e. The summed E-state index contributed by atoms with van der Waals surface area (Å²) in [7, 11) is 0. The molecule has 1 aromatic heterocycles. The summed E-state index contributed by atoms with van der Waals surface area (Å²) in [5.41, 5.74) is 0.611. The second kappa shape index (κ2) is 5.59. The zero-order chi connectivity index (χ0) is 14.8. The van der Waals surface area contributed by atoms with Gasteiger partial charge in [0, 0.05) is 24.8 Å². The lowest BCUT2D eigenvalue weighted by atomic mass is 9.76. The Morgan fingerprint density at radius 1 is 1.65 bits per heavy atom. The SMILES string of the molecule is CC(C)C1(C(=O)O)CCN(Cc2cccnc2C#N)C1. The molecule has 5 nitrogen and oxygen atoms in total. The van der Waals surface area contributed by atoms with E-state index in [0.29, 0.717) is 25.2 Å². The number of pyridine rings is 1. The minimum absolute atomic E-state index is 0.0920. The molecule has 0 aliphatic carbocycles. The average molecular weight is 273 g/mol. The van der Waals surface area contributed by atoms with E-state index in [1.165, 1.54) is 0 Å². The van der Waals surface area contributed by atoms with Crippen molar-refractivity contribution in [2.75, 3.05) is 13.1 Å². The van der Waals surface area contributed by atoms with Crippen LogP contribution in [0.4, 0.5) is 0 Å². The number of hydrogen-bond donors (Lipinski definition) is 1. The van der Waals surface area contributed by atoms with Crippen LogP contribution in [-0.4, -0.2) is 34.0 Å². The van der Waals surface area contributed by atoms with Crippen LogP contribution in [0.1, 0.15) is 31.5 Å². The van der Waals surface area contributed by atoms with Crippen LogP contribution in [0.2, 0.25) is 0 Å². The van der Waals surface area contributed by atoms with E-state index in [-0.39, 0.29) is 5.92 Å². The monoisotopic (exact) mass is 273 g/mol. The van der Waals surface area contributed by atoms with Gasteiger partial charge in [-0.15, -0.1) is 0 Å². The average Bonchev–Trinajstić information content (AvgIpc) is 2.85. The fraction of sp³-hybridized carbons (Fsp3) is 0.533. The summed E-state index contributed by atoms with van der Waals surface area (Å²) in [4.78, 5) is 17.7. The molecule has 0 saturated carbocycles. The van der Waals surface area contributed by atoms with Crippen LogP contribution in [0.3, 0.4) is 0 Å². The van der Waals surface area contributed by atoms with Crippen molar-refractivity contribution < 1.29 is 9.90 Å². The zero-order valence-electron chi connectivity index (χ0n) is 11.8. The van der Waals surface area contributed by atoms with Crippen LogP contribution in [0.15, 0.2) is 18.3 Å². The summed E-state index contributed by atoms with van der Waals surface area (Å²) in [6.45, 7) is 5.77. The van der Waals surface area contributed by atoms with Crippen LogP contribution in [0, 0.1) is 22.7 Å². The van der Waals surface area contributed by atoms with Gasteiger partial charge in [0.15, 0.2) is 0 Å². The quantitative estimate of drug-likeness (QED) is 0.906. The second-order valence-corrected chi connectivity index (χ2v) is 5.70. The topological polar surface area (TPSA) is 77.2 Å². The number of carbonyl (C=O) groups is 1. The molecule has 1 aliphatic rings. The fourth-order valence-electron chi connectivity index (χ4n) is 2.85. The summed E-state index contributed by atoms with van der Waals surface area (Å²) in [6, 6.07) is 5.76. The van der Waals surface area contributed by atoms with Gasteiger partial charge in [0.05, 0.1) is 5.41 Å². The third kappa shape index (κ3) is 2.52. The molecule has 1 aliphatic heterocycles. The molecule has 0 amide bonds. The van der Waals surface area contributed by atoms with Crippen LogP contribution < -0.4 is 0 Å². The lowest BCUT2D eigenvalue weighted by Crippen LogP contribution is -2.39. The van der Waals surface area contributed by atoms with Gasteiger partial charge in [0.25, 0.3) is 0 Å². The van der Waals surface area contributed by atoms with Gasteiger partial charge in [0.2, 0.25) is 0 Å². The van der Waals surface area contributed by atoms with Crippen molar-refractivity contribution in [1.29, 1.82) is 5.26 Å². The zero-order valence-corrected chi connectivity index (χ0v) is 11.8. The van der Waals surface area contributed by atoms with Gasteiger partial charge in [-0.25, -0.2) is 4.98 Å². The number of carboxylic acid groups (broad SMARTS) is 1. The number of rotatable bonds is 4. The lowest BCUT2D eigenvalue weighted by Gasteiger charge is -2.28. The Hall–Kier alpha value is -1.93. The third-order valence-corrected chi connectivity index (χ3v) is 4.30. The maximum atomic E-state index is 11.6. The number of nitriles is 1. The normalized spacial score (nSPS) is 22.9. The first-order chi connectivity index (χ1) is 9.49. The first-order valence-electron chi connectivity index (χ1n) is 6.79. The molecular formula is C15H19N3O2. The van der Waals surface area contributed by atoms with Crippen LogP contribution in [0.25, 0.3) is 0 Å². The van der Waals surface area contributed by atoms with Crippen molar-refractivity contribution in [2.45, 2.75) is 26.8 Å². The predicted octanol–water partition coefficient (Wildman–Crippen LogP) is 1.89. The van der Waals surface area contributed by atoms with E-state index < -0.39 is 11.4 Å². The number of carboxylic acids is 1. The van der Waals surface area contributed by atoms with E-state index in [9.17, 15) is 9.90 Å². The lowest BCUT2D eigenvalue weighted by molar-refractivity contribution is -0.151. The molecule has 0 radical (unpaired) electrons. The molecule has 2 rings (SSSR count). The molecule has 1 atom stereocenters. The number of aromatic nitrogens is 1. The Kier molecular flexibility index (Phi) is 4.05. The van der Waals surface area contributed by atoms with E-state index in [0.717, 1.165) is 12.1 Å². The highest BCUT2D eigenvalue weighted by Crippen LogP contribution is 2.38. The molecule has 1 aromatic rings. The van der Waals surface area contributed by atoms with E-state index in [4.69, 9.17) is 5.26 Å². The number of nitrogens with zero attached hydrogens (tertiary/aromatic N) is 3. The summed E-state index contributed by atoms with van der Waals surface area (Å²) in [5.74, 6) is -0.629. The molecule has 1 N–H and O–H groups in total. The van der Waals surface area contributed by atoms with Gasteiger partial charge in [-0.3, -0.25) is 9.69 Å². The Bertz CT molecular complexity index is 550. The number of likely N-dealkylation sites (tertiary alicyclic amines) is 1. The van der Waals surface area contributed by atoms with E-state index >= 15 is 0 Å². The first kappa shape index (κ1) is 14.5. The van der Waals surface area contributed by atoms with Gasteiger partial charge in [-0.1, -0.05) is 19.9 Å². The summed E-state index contributed by atoms with van der Waals surface area (Å²) in [6.07, 6.45) is 2.25. The van der Waals surface area contributed by atoms with Crippen LogP contribution >= 0.6 is 0 Å². The van der Waals surface area contributed by atoms with Crippen molar-refractivity contribution in [1.82, 2.24) is 9.88 Å². The molecule has 2 heterocycles. The number of hydrogen-bond acceptors (Lipinski definition) is 4. The summed E-state index contributed by atoms with van der Waals surface area (Å²) >= 11 is 0. The number of aliphatic carboxylic acids is 1. The van der Waals surface area contributed by atoms with Gasteiger partial charge in [0.1, 0.15) is 11.8 Å². The Morgan fingerprint density at radius 2 is 2.40 bits per heavy atom. The maximum absolute atomic E-state index is 11.6. The van der Waals surface area contributed by atoms with E-state index in [2.05, 4.69) is 16.0 Å². The Balaban J connectivity index is 2.14. The highest BCUT2D eigenvalue weighted by atomic mass is 16.4. The van der Waals surface area contributed by atoms with Gasteiger partial charge < -0.3 is 5.11 Å². The Labute approximate surface area is 118 Å². The molecule has 0 bridgehead atoms. The van der Waals surface area contributed by atoms with E-state index in [1.54, 1.807) is 12.3 Å². The van der Waals surface area contributed by atoms with Crippen molar-refractivity contribution in [3.63, 3.8) is 0 Å². The molecule has 1 unspecified atom stereocenters. The molecule has 106 valence electrons. The third-order valence-electron chi connectivity index (χ3n) is 4.30. The van der Waals surface area contributed by atoms with Crippen LogP contribution in [-0.2, 0) is 11.3 Å². The summed E-state index contributed by atoms with van der Waals surface area (Å²) in [5, 5.41) is 18.6. The largest absolute Gasteiger partial charge is 0.481 e. The minimum Gasteiger partial charge on any atom is -0.481 e. The van der Waals surface area contributed by atoms with Gasteiger partial charge in [-0.2, -0.15) is 5.26 Å². The molecule has 1 fully saturated rings. The van der Waals surface area contributed by atoms with Crippen molar-refractivity contribution in [3.05, 3.63) is 29.6 Å².